The Bertz CT molecular complexity index is 780. The Morgan fingerprint density at radius 1 is 1.06 bits per heavy atom. The summed E-state index contributed by atoms with van der Waals surface area (Å²) in [5.41, 5.74) is -1.02. The highest BCUT2D eigenvalue weighted by molar-refractivity contribution is 14.0. The zero-order valence-electron chi connectivity index (χ0n) is 18.8. The monoisotopic (exact) mass is 573 g/mol. The molecule has 2 amide bonds. The zero-order chi connectivity index (χ0) is 23.7. The number of ether oxygens (including phenoxy) is 1. The van der Waals surface area contributed by atoms with Crippen molar-refractivity contribution in [3.63, 3.8) is 0 Å². The number of guanidine groups is 1. The normalized spacial score (nSPS) is 11.8. The third kappa shape index (κ3) is 12.6. The molecule has 1 rings (SSSR count). The molecule has 1 aromatic carbocycles. The number of hydrogen-bond donors (Lipinski definition) is 3. The fourth-order valence-corrected chi connectivity index (χ4v) is 2.17. The van der Waals surface area contributed by atoms with E-state index in [2.05, 4.69) is 20.9 Å². The number of nitrogens with zero attached hydrogens (tertiary/aromatic N) is 2. The Kier molecular flexibility index (Phi) is 12.4. The molecule has 0 aliphatic carbocycles. The van der Waals surface area contributed by atoms with Gasteiger partial charge in [-0.1, -0.05) is 12.1 Å². The van der Waals surface area contributed by atoms with Crippen LogP contribution in [0, 0.1) is 0 Å². The number of amides is 2. The SMILES string of the molecule is CN(C)C(=O)CNC(=NCc1cccc(C(F)(F)F)c1)NCCNC(=O)OC(C)(C)C.I. The van der Waals surface area contributed by atoms with Crippen molar-refractivity contribution >= 4 is 41.9 Å². The number of benzene rings is 1. The van der Waals surface area contributed by atoms with Gasteiger partial charge < -0.3 is 25.6 Å². The lowest BCUT2D eigenvalue weighted by molar-refractivity contribution is -0.137. The average Bonchev–Trinajstić information content (AvgIpc) is 2.64. The fraction of sp³-hybridized carbons (Fsp3) is 0.550. The quantitative estimate of drug-likeness (QED) is 0.202. The summed E-state index contributed by atoms with van der Waals surface area (Å²) in [6, 6.07) is 4.86. The van der Waals surface area contributed by atoms with Gasteiger partial charge in [-0.3, -0.25) is 4.79 Å². The van der Waals surface area contributed by atoms with Crippen LogP contribution >= 0.6 is 24.0 Å². The predicted octanol–water partition coefficient (Wildman–Crippen LogP) is 2.97. The molecule has 8 nitrogen and oxygen atoms in total. The smallest absolute Gasteiger partial charge is 0.416 e. The lowest BCUT2D eigenvalue weighted by atomic mass is 10.1. The zero-order valence-corrected chi connectivity index (χ0v) is 21.1. The van der Waals surface area contributed by atoms with Crippen LogP contribution in [0.15, 0.2) is 29.3 Å². The van der Waals surface area contributed by atoms with E-state index in [1.165, 1.54) is 17.0 Å². The van der Waals surface area contributed by atoms with E-state index in [-0.39, 0.29) is 62.0 Å². The number of aliphatic imine (C=N–C) groups is 1. The van der Waals surface area contributed by atoms with Crippen molar-refractivity contribution in [1.29, 1.82) is 0 Å². The molecule has 0 atom stereocenters. The van der Waals surface area contributed by atoms with Gasteiger partial charge in [0.15, 0.2) is 5.96 Å². The number of nitrogens with one attached hydrogen (secondary N) is 3. The summed E-state index contributed by atoms with van der Waals surface area (Å²) >= 11 is 0. The van der Waals surface area contributed by atoms with Gasteiger partial charge in [0.25, 0.3) is 0 Å². The first kappa shape index (κ1) is 29.8. The van der Waals surface area contributed by atoms with Crippen LogP contribution in [0.25, 0.3) is 0 Å². The molecule has 0 heterocycles. The molecule has 3 N–H and O–H groups in total. The van der Waals surface area contributed by atoms with Crippen molar-refractivity contribution in [3.8, 4) is 0 Å². The highest BCUT2D eigenvalue weighted by Crippen LogP contribution is 2.29. The minimum Gasteiger partial charge on any atom is -0.444 e. The van der Waals surface area contributed by atoms with Gasteiger partial charge in [-0.05, 0) is 38.5 Å². The second-order valence-electron chi connectivity index (χ2n) is 7.86. The lowest BCUT2D eigenvalue weighted by Crippen LogP contribution is -2.45. The number of likely N-dealkylation sites (N-methyl/N-ethyl adjacent to an activating group) is 1. The topological polar surface area (TPSA) is 95.1 Å². The minimum atomic E-state index is -4.44. The molecule has 32 heavy (non-hydrogen) atoms. The second kappa shape index (κ2) is 13.3. The van der Waals surface area contributed by atoms with Crippen LogP contribution in [0.5, 0.6) is 0 Å². The minimum absolute atomic E-state index is 0. The van der Waals surface area contributed by atoms with Gasteiger partial charge in [-0.2, -0.15) is 13.2 Å². The Balaban J connectivity index is 0.00000961. The second-order valence-corrected chi connectivity index (χ2v) is 7.86. The standard InChI is InChI=1S/C20H30F3N5O3.HI/c1-19(2,3)31-18(30)25-10-9-24-17(27-13-16(29)28(4)5)26-12-14-7-6-8-15(11-14)20(21,22)23;/h6-8,11H,9-10,12-13H2,1-5H3,(H,25,30)(H2,24,26,27);1H. The highest BCUT2D eigenvalue weighted by Gasteiger charge is 2.30. The summed E-state index contributed by atoms with van der Waals surface area (Å²) in [6.45, 7) is 5.61. The molecule has 0 fully saturated rings. The molecule has 0 unspecified atom stereocenters. The summed E-state index contributed by atoms with van der Waals surface area (Å²) in [5, 5.41) is 8.32. The number of hydrogen-bond acceptors (Lipinski definition) is 4. The van der Waals surface area contributed by atoms with Crippen LogP contribution in [-0.2, 0) is 22.3 Å². The van der Waals surface area contributed by atoms with Crippen molar-refractivity contribution in [2.45, 2.75) is 39.1 Å². The van der Waals surface area contributed by atoms with Gasteiger partial charge in [0.2, 0.25) is 5.91 Å². The molecule has 1 aromatic rings. The first-order valence-corrected chi connectivity index (χ1v) is 9.63. The summed E-state index contributed by atoms with van der Waals surface area (Å²) in [5.74, 6) is 0.0130. The highest BCUT2D eigenvalue weighted by atomic mass is 127. The Morgan fingerprint density at radius 3 is 2.25 bits per heavy atom. The van der Waals surface area contributed by atoms with Crippen molar-refractivity contribution in [3.05, 3.63) is 35.4 Å². The van der Waals surface area contributed by atoms with Crippen LogP contribution in [0.1, 0.15) is 31.9 Å². The van der Waals surface area contributed by atoms with E-state index < -0.39 is 23.4 Å². The van der Waals surface area contributed by atoms with Gasteiger partial charge in [0.05, 0.1) is 18.7 Å². The third-order valence-electron chi connectivity index (χ3n) is 3.67. The first-order valence-electron chi connectivity index (χ1n) is 9.63. The van der Waals surface area contributed by atoms with Gasteiger partial charge in [0, 0.05) is 27.2 Å². The number of carbonyl (C=O) groups is 2. The van der Waals surface area contributed by atoms with E-state index in [9.17, 15) is 22.8 Å². The van der Waals surface area contributed by atoms with Crippen molar-refractivity contribution in [1.82, 2.24) is 20.9 Å². The van der Waals surface area contributed by atoms with Gasteiger partial charge in [-0.15, -0.1) is 24.0 Å². The molecule has 0 spiro atoms. The predicted molar refractivity (Wildman–Crippen MR) is 127 cm³/mol. The Labute approximate surface area is 203 Å². The fourth-order valence-electron chi connectivity index (χ4n) is 2.17. The van der Waals surface area contributed by atoms with E-state index in [1.807, 2.05) is 0 Å². The molecule has 182 valence electrons. The molecular formula is C20H31F3IN5O3. The number of alkyl halides is 3. The maximum Gasteiger partial charge on any atom is 0.416 e. The van der Waals surface area contributed by atoms with Crippen LogP contribution in [0.3, 0.4) is 0 Å². The summed E-state index contributed by atoms with van der Waals surface area (Å²) in [6.07, 6.45) is -5.02. The van der Waals surface area contributed by atoms with E-state index in [4.69, 9.17) is 4.74 Å². The largest absolute Gasteiger partial charge is 0.444 e. The summed E-state index contributed by atoms with van der Waals surface area (Å²) in [7, 11) is 3.20. The molecule has 0 saturated carbocycles. The Morgan fingerprint density at radius 2 is 1.69 bits per heavy atom. The average molecular weight is 573 g/mol. The molecule has 0 radical (unpaired) electrons. The maximum atomic E-state index is 12.9. The number of rotatable bonds is 7. The van der Waals surface area contributed by atoms with E-state index in [0.717, 1.165) is 12.1 Å². The van der Waals surface area contributed by atoms with Gasteiger partial charge in [-0.25, -0.2) is 9.79 Å². The molecule has 0 bridgehead atoms. The molecule has 0 aromatic heterocycles. The van der Waals surface area contributed by atoms with Crippen LogP contribution in [0.2, 0.25) is 0 Å². The van der Waals surface area contributed by atoms with Crippen LogP contribution in [0.4, 0.5) is 18.0 Å². The van der Waals surface area contributed by atoms with Crippen LogP contribution in [-0.4, -0.2) is 62.2 Å². The Hall–Kier alpha value is -2.25. The van der Waals surface area contributed by atoms with Gasteiger partial charge in [0.1, 0.15) is 5.60 Å². The molecular weight excluding hydrogens is 542 g/mol. The molecule has 0 saturated heterocycles. The van der Waals surface area contributed by atoms with Crippen molar-refractivity contribution in [2.24, 2.45) is 4.99 Å². The van der Waals surface area contributed by atoms with E-state index >= 15 is 0 Å². The molecule has 0 aliphatic heterocycles. The van der Waals surface area contributed by atoms with Crippen molar-refractivity contribution < 1.29 is 27.5 Å². The number of alkyl carbamates (subject to hydrolysis) is 1. The first-order chi connectivity index (χ1) is 14.3. The summed E-state index contributed by atoms with van der Waals surface area (Å²) in [4.78, 5) is 29.1. The molecule has 0 aliphatic rings. The number of carbonyl (C=O) groups excluding carboxylic acids is 2. The van der Waals surface area contributed by atoms with Crippen molar-refractivity contribution in [2.75, 3.05) is 33.7 Å². The lowest BCUT2D eigenvalue weighted by Gasteiger charge is -2.20. The third-order valence-corrected chi connectivity index (χ3v) is 3.67. The summed E-state index contributed by atoms with van der Waals surface area (Å²) < 4.78 is 43.8. The van der Waals surface area contributed by atoms with Crippen LogP contribution < -0.4 is 16.0 Å². The molecule has 12 heteroatoms. The maximum absolute atomic E-state index is 12.9. The van der Waals surface area contributed by atoms with E-state index in [1.54, 1.807) is 34.9 Å². The number of halogens is 4. The van der Waals surface area contributed by atoms with Gasteiger partial charge >= 0.3 is 12.3 Å². The van der Waals surface area contributed by atoms with E-state index in [0.29, 0.717) is 5.56 Å².